The van der Waals surface area contributed by atoms with E-state index in [1.807, 2.05) is 25.1 Å². The summed E-state index contributed by atoms with van der Waals surface area (Å²) >= 11 is 6.45. The van der Waals surface area contributed by atoms with Crippen molar-refractivity contribution in [2.24, 2.45) is 29.1 Å². The maximum Gasteiger partial charge on any atom is 0.263 e. The molecule has 2 N–H and O–H groups in total. The Bertz CT molecular complexity index is 1550. The van der Waals surface area contributed by atoms with E-state index < -0.39 is 11.0 Å². The zero-order valence-corrected chi connectivity index (χ0v) is 32.8. The highest BCUT2D eigenvalue weighted by Crippen LogP contribution is 2.47. The molecule has 52 heavy (non-hydrogen) atoms. The topological polar surface area (TPSA) is 98.4 Å². The summed E-state index contributed by atoms with van der Waals surface area (Å²) in [6, 6.07) is 11.9. The zero-order chi connectivity index (χ0) is 36.2. The van der Waals surface area contributed by atoms with Gasteiger partial charge in [-0.1, -0.05) is 44.4 Å². The third-order valence-corrected chi connectivity index (χ3v) is 14.3. The minimum absolute atomic E-state index is 0.147. The molecule has 1 aliphatic carbocycles. The van der Waals surface area contributed by atoms with Gasteiger partial charge in [-0.2, -0.15) is 0 Å². The monoisotopic (exact) mass is 755 g/mol. The number of benzene rings is 2. The molecule has 5 heterocycles. The number of nitrogens with one attached hydrogen (secondary N) is 2. The molecule has 0 aromatic heterocycles. The van der Waals surface area contributed by atoms with Gasteiger partial charge in [0, 0.05) is 54.0 Å². The quantitative estimate of drug-likeness (QED) is 0.349. The van der Waals surface area contributed by atoms with Gasteiger partial charge >= 0.3 is 0 Å². The number of ether oxygens (including phenoxy) is 4. The van der Waals surface area contributed by atoms with Crippen LogP contribution in [0.2, 0.25) is 5.02 Å². The lowest BCUT2D eigenvalue weighted by molar-refractivity contribution is -0.224. The van der Waals surface area contributed by atoms with Crippen LogP contribution in [0.25, 0.3) is 0 Å². The Labute approximate surface area is 317 Å². The molecular weight excluding hydrogens is 698 g/mol. The van der Waals surface area contributed by atoms with Crippen molar-refractivity contribution in [1.29, 1.82) is 0 Å². The van der Waals surface area contributed by atoms with Crippen LogP contribution in [-0.2, 0) is 31.6 Å². The van der Waals surface area contributed by atoms with Crippen LogP contribution in [0.3, 0.4) is 0 Å². The van der Waals surface area contributed by atoms with Crippen molar-refractivity contribution in [2.75, 3.05) is 64.1 Å². The van der Waals surface area contributed by atoms with E-state index in [-0.39, 0.29) is 29.3 Å². The Balaban J connectivity index is 0.000000531. The fraction of sp³-hybridized carbons (Fsp3) is 0.683. The molecule has 0 radical (unpaired) electrons. The van der Waals surface area contributed by atoms with Gasteiger partial charge in [0.05, 0.1) is 44.0 Å². The Hall–Kier alpha value is -2.21. The van der Waals surface area contributed by atoms with E-state index in [2.05, 4.69) is 40.9 Å². The van der Waals surface area contributed by atoms with E-state index >= 15 is 0 Å². The number of hydrogen-bond donors (Lipinski definition) is 2. The van der Waals surface area contributed by atoms with Gasteiger partial charge in [0.2, 0.25) is 0 Å². The van der Waals surface area contributed by atoms with Gasteiger partial charge in [-0.25, -0.2) is 4.21 Å². The van der Waals surface area contributed by atoms with Crippen LogP contribution in [0.15, 0.2) is 36.4 Å². The maximum atomic E-state index is 13.4. The van der Waals surface area contributed by atoms with Gasteiger partial charge in [0.25, 0.3) is 5.91 Å². The zero-order valence-electron chi connectivity index (χ0n) is 31.2. The number of anilines is 1. The van der Waals surface area contributed by atoms with Crippen LogP contribution in [-0.4, -0.2) is 80.9 Å². The van der Waals surface area contributed by atoms with Gasteiger partial charge in [-0.3, -0.25) is 9.52 Å². The Morgan fingerprint density at radius 1 is 0.962 bits per heavy atom. The highest BCUT2D eigenvalue weighted by atomic mass is 35.5. The first-order chi connectivity index (χ1) is 25.2. The number of rotatable bonds is 4. The third-order valence-electron chi connectivity index (χ3n) is 12.5. The molecule has 2 aromatic carbocycles. The molecule has 9 nitrogen and oxygen atoms in total. The molecule has 6 aliphatic rings. The summed E-state index contributed by atoms with van der Waals surface area (Å²) in [6.45, 7) is 14.4. The molecule has 2 bridgehead atoms. The van der Waals surface area contributed by atoms with E-state index in [1.165, 1.54) is 37.1 Å². The summed E-state index contributed by atoms with van der Waals surface area (Å²) in [5.74, 6) is 2.17. The summed E-state index contributed by atoms with van der Waals surface area (Å²) in [4.78, 5) is 15.9. The maximum absolute atomic E-state index is 13.4. The van der Waals surface area contributed by atoms with Crippen molar-refractivity contribution in [1.82, 2.24) is 10.0 Å². The highest BCUT2D eigenvalue weighted by Gasteiger charge is 2.44. The van der Waals surface area contributed by atoms with Gasteiger partial charge < -0.3 is 29.2 Å². The average molecular weight is 756 g/mol. The first kappa shape index (κ1) is 38.1. The summed E-state index contributed by atoms with van der Waals surface area (Å²) < 4.78 is 40.2. The molecule has 5 aliphatic heterocycles. The highest BCUT2D eigenvalue weighted by molar-refractivity contribution is 7.84. The molecule has 2 aromatic rings. The Kier molecular flexibility index (Phi) is 12.5. The van der Waals surface area contributed by atoms with E-state index in [4.69, 9.17) is 30.5 Å². The van der Waals surface area contributed by atoms with E-state index in [9.17, 15) is 9.00 Å². The first-order valence-electron chi connectivity index (χ1n) is 19.8. The fourth-order valence-corrected chi connectivity index (χ4v) is 10.1. The lowest BCUT2D eigenvalue weighted by Gasteiger charge is -2.48. The Morgan fingerprint density at radius 2 is 1.77 bits per heavy atom. The molecule has 4 fully saturated rings. The number of hydrogen-bond acceptors (Lipinski definition) is 8. The number of halogens is 1. The molecule has 7 atom stereocenters. The largest absolute Gasteiger partial charge is 0.491 e. The standard InChI is InChI=1S/C36H49ClN2O5S.C5H9NO/c1-4-7-25-18-29(37)12-14-30(25)28-21-39-20-27-10-13-31(27)32(36-42-16-6-17-43-36)9-5-8-23(2)24(3)45(41)38-35(40)26-11-15-34(44-22-28)33(39)19-26;1-5(2-6-1)3-7-4-5/h11-12,14-15,18-19,23-24,27-28,31-32,36H,4-10,13,16-17,20-22H2,1-3H3,(H,38,40);6H,1-4H2. The van der Waals surface area contributed by atoms with E-state index in [0.29, 0.717) is 35.3 Å². The third kappa shape index (κ3) is 8.52. The minimum Gasteiger partial charge on any atom is -0.491 e. The second kappa shape index (κ2) is 17.1. The SMILES string of the molecule is C1NCC12COC2.CCCc1cc(Cl)ccc1C1COc2ccc3cc2N(C1)CC1CCC1C(C1OCCCO1)CCCC(C)C(C)S(=O)NC3=O. The fourth-order valence-electron chi connectivity index (χ4n) is 8.87. The number of carbonyl (C=O) groups excluding carboxylic acids is 1. The summed E-state index contributed by atoms with van der Waals surface area (Å²) in [5, 5.41) is 3.83. The molecular formula is C41H58ClN3O6S. The van der Waals surface area contributed by atoms with Crippen LogP contribution in [0, 0.1) is 29.1 Å². The molecule has 1 amide bonds. The second-order valence-electron chi connectivity index (χ2n) is 16.3. The van der Waals surface area contributed by atoms with Crippen LogP contribution < -0.4 is 19.7 Å². The smallest absolute Gasteiger partial charge is 0.263 e. The lowest BCUT2D eigenvalue weighted by atomic mass is 9.65. The van der Waals surface area contributed by atoms with Gasteiger partial charge in [0.15, 0.2) is 6.29 Å². The number of carbonyl (C=O) groups is 1. The molecule has 8 rings (SSSR count). The Morgan fingerprint density at radius 3 is 2.42 bits per heavy atom. The normalized spacial score (nSPS) is 32.0. The predicted octanol–water partition coefficient (Wildman–Crippen LogP) is 6.89. The number of aryl methyl sites for hydroxylation is 1. The van der Waals surface area contributed by atoms with Gasteiger partial charge in [-0.15, -0.1) is 0 Å². The van der Waals surface area contributed by atoms with Crippen molar-refractivity contribution >= 4 is 34.2 Å². The lowest BCUT2D eigenvalue weighted by Crippen LogP contribution is -2.64. The molecule has 11 heteroatoms. The summed E-state index contributed by atoms with van der Waals surface area (Å²) in [7, 11) is -1.49. The van der Waals surface area contributed by atoms with Crippen molar-refractivity contribution in [2.45, 2.75) is 89.6 Å². The molecule has 7 unspecified atom stereocenters. The summed E-state index contributed by atoms with van der Waals surface area (Å²) in [5.41, 5.74) is 4.61. The van der Waals surface area contributed by atoms with Gasteiger partial charge in [0.1, 0.15) is 16.7 Å². The summed E-state index contributed by atoms with van der Waals surface area (Å²) in [6.07, 6.45) is 8.14. The van der Waals surface area contributed by atoms with Crippen molar-refractivity contribution in [3.8, 4) is 5.75 Å². The van der Waals surface area contributed by atoms with Crippen LogP contribution >= 0.6 is 11.6 Å². The van der Waals surface area contributed by atoms with Crippen molar-refractivity contribution in [3.63, 3.8) is 0 Å². The first-order valence-corrected chi connectivity index (χ1v) is 21.4. The van der Waals surface area contributed by atoms with Crippen LogP contribution in [0.1, 0.15) is 93.1 Å². The van der Waals surface area contributed by atoms with Crippen molar-refractivity contribution in [3.05, 3.63) is 58.1 Å². The van der Waals surface area contributed by atoms with Crippen LogP contribution in [0.5, 0.6) is 5.75 Å². The van der Waals surface area contributed by atoms with E-state index in [1.54, 1.807) is 6.07 Å². The predicted molar refractivity (Wildman–Crippen MR) is 207 cm³/mol. The molecule has 3 saturated heterocycles. The van der Waals surface area contributed by atoms with E-state index in [0.717, 1.165) is 94.5 Å². The number of fused-ring (bicyclic) bond motifs is 2. The van der Waals surface area contributed by atoms with Gasteiger partial charge in [-0.05, 0) is 105 Å². The van der Waals surface area contributed by atoms with Crippen molar-refractivity contribution < 1.29 is 28.0 Å². The average Bonchev–Trinajstić information content (AvgIpc) is 3.27. The number of nitrogens with zero attached hydrogens (tertiary/aromatic N) is 1. The molecule has 1 spiro atoms. The minimum atomic E-state index is -1.49. The molecule has 286 valence electrons. The molecule has 1 saturated carbocycles. The second-order valence-corrected chi connectivity index (χ2v) is 18.2. The number of amides is 1. The van der Waals surface area contributed by atoms with Crippen LogP contribution in [0.4, 0.5) is 5.69 Å².